The molecular formula is C22H20N6O6. The van der Waals surface area contributed by atoms with E-state index in [1.807, 2.05) is 0 Å². The van der Waals surface area contributed by atoms with Gasteiger partial charge in [-0.15, -0.1) is 0 Å². The molecular weight excluding hydrogens is 444 g/mol. The number of hydrogen-bond donors (Lipinski definition) is 3. The van der Waals surface area contributed by atoms with Crippen molar-refractivity contribution < 1.29 is 28.4 Å². The molecule has 0 aliphatic carbocycles. The molecule has 12 heteroatoms. The van der Waals surface area contributed by atoms with E-state index in [9.17, 15) is 14.7 Å². The maximum absolute atomic E-state index is 13.3. The van der Waals surface area contributed by atoms with Crippen LogP contribution in [0.4, 0.5) is 17.5 Å². The number of nitrogens with zero attached hydrogens (tertiary/aromatic N) is 4. The fraction of sp³-hybridized carbons (Fsp3) is 0.227. The molecule has 174 valence electrons. The van der Waals surface area contributed by atoms with Crippen molar-refractivity contribution in [3.63, 3.8) is 0 Å². The summed E-state index contributed by atoms with van der Waals surface area (Å²) < 4.78 is 16.2. The average Bonchev–Trinajstić information content (AvgIpc) is 3.48. The molecule has 4 heterocycles. The normalized spacial score (nSPS) is 19.4. The van der Waals surface area contributed by atoms with Gasteiger partial charge in [-0.25, -0.2) is 0 Å². The van der Waals surface area contributed by atoms with E-state index in [-0.39, 0.29) is 25.0 Å². The minimum atomic E-state index is -1.87. The molecule has 0 saturated carbocycles. The Labute approximate surface area is 192 Å². The molecule has 0 bridgehead atoms. The highest BCUT2D eigenvalue weighted by atomic mass is 16.5. The number of carbonyl (C=O) groups is 2. The molecule has 34 heavy (non-hydrogen) atoms. The van der Waals surface area contributed by atoms with Crippen molar-refractivity contribution in [2.45, 2.75) is 18.6 Å². The van der Waals surface area contributed by atoms with Crippen molar-refractivity contribution in [3.8, 4) is 11.3 Å². The molecule has 4 aromatic rings. The van der Waals surface area contributed by atoms with Crippen LogP contribution in [-0.2, 0) is 14.3 Å². The summed E-state index contributed by atoms with van der Waals surface area (Å²) in [5.41, 5.74) is 5.79. The average molecular weight is 464 g/mol. The highest BCUT2D eigenvalue weighted by Crippen LogP contribution is 2.30. The van der Waals surface area contributed by atoms with Gasteiger partial charge in [0.05, 0.1) is 18.5 Å². The molecule has 1 aromatic carbocycles. The van der Waals surface area contributed by atoms with Crippen LogP contribution >= 0.6 is 0 Å². The van der Waals surface area contributed by atoms with Crippen molar-refractivity contribution in [2.75, 3.05) is 29.1 Å². The lowest BCUT2D eigenvalue weighted by molar-refractivity contribution is -0.170. The van der Waals surface area contributed by atoms with Gasteiger partial charge >= 0.3 is 6.01 Å². The zero-order valence-corrected chi connectivity index (χ0v) is 18.0. The van der Waals surface area contributed by atoms with E-state index >= 15 is 0 Å². The highest BCUT2D eigenvalue weighted by molar-refractivity contribution is 6.06. The molecule has 1 fully saturated rings. The van der Waals surface area contributed by atoms with Gasteiger partial charge in [0, 0.05) is 29.7 Å². The van der Waals surface area contributed by atoms with Crippen LogP contribution in [-0.4, -0.2) is 56.9 Å². The SMILES string of the molecule is C[C@]1([C@@H](O)C(=O)Nc2ccc3c(N)noc3c2)OCCN(c2nc(-c3ccncc3)co2)C1=O. The quantitative estimate of drug-likeness (QED) is 0.394. The number of aliphatic hydroxyl groups is 1. The fourth-order valence-electron chi connectivity index (χ4n) is 3.70. The maximum atomic E-state index is 13.3. The summed E-state index contributed by atoms with van der Waals surface area (Å²) >= 11 is 0. The van der Waals surface area contributed by atoms with Crippen LogP contribution in [0.3, 0.4) is 0 Å². The Morgan fingerprint density at radius 1 is 1.29 bits per heavy atom. The molecule has 1 aliphatic heterocycles. The number of aliphatic hydroxyl groups excluding tert-OH is 1. The van der Waals surface area contributed by atoms with Gasteiger partial charge in [0.15, 0.2) is 23.1 Å². The number of hydrogen-bond acceptors (Lipinski definition) is 10. The molecule has 0 spiro atoms. The predicted octanol–water partition coefficient (Wildman–Crippen LogP) is 1.58. The Kier molecular flexibility index (Phi) is 5.23. The molecule has 2 amide bonds. The van der Waals surface area contributed by atoms with E-state index in [1.54, 1.807) is 36.7 Å². The molecule has 4 N–H and O–H groups in total. The van der Waals surface area contributed by atoms with E-state index in [1.165, 1.54) is 24.2 Å². The molecule has 1 aliphatic rings. The third-order valence-corrected chi connectivity index (χ3v) is 5.62. The lowest BCUT2D eigenvalue weighted by atomic mass is 9.94. The van der Waals surface area contributed by atoms with Gasteiger partial charge in [-0.1, -0.05) is 5.16 Å². The number of ether oxygens (including phenoxy) is 1. The number of oxazole rings is 1. The number of rotatable bonds is 5. The Morgan fingerprint density at radius 3 is 2.88 bits per heavy atom. The lowest BCUT2D eigenvalue weighted by Crippen LogP contribution is -2.63. The number of pyridine rings is 1. The first-order chi connectivity index (χ1) is 16.4. The van der Waals surface area contributed by atoms with Gasteiger partial charge in [-0.3, -0.25) is 19.5 Å². The number of nitrogens with one attached hydrogen (secondary N) is 1. The van der Waals surface area contributed by atoms with Crippen molar-refractivity contribution in [3.05, 3.63) is 49.0 Å². The monoisotopic (exact) mass is 464 g/mol. The summed E-state index contributed by atoms with van der Waals surface area (Å²) in [6.07, 6.45) is 2.82. The van der Waals surface area contributed by atoms with E-state index in [4.69, 9.17) is 19.4 Å². The standard InChI is InChI=1S/C22H20N6O6/c1-22(17(29)19(30)25-13-2-3-14-16(10-13)34-27-18(14)23)20(31)28(8-9-33-22)21-26-15(11-32-21)12-4-6-24-7-5-12/h2-7,10-11,17,29H,8-9H2,1H3,(H2,23,27)(H,25,30)/t17-,22+/m0/s1. The van der Waals surface area contributed by atoms with Gasteiger partial charge < -0.3 is 29.8 Å². The number of benzene rings is 1. The minimum Gasteiger partial charge on any atom is -0.431 e. The Balaban J connectivity index is 1.34. The Bertz CT molecular complexity index is 1370. The first-order valence-electron chi connectivity index (χ1n) is 10.3. The second-order valence-electron chi connectivity index (χ2n) is 7.83. The van der Waals surface area contributed by atoms with Gasteiger partial charge in [-0.05, 0) is 31.2 Å². The largest absolute Gasteiger partial charge is 0.431 e. The van der Waals surface area contributed by atoms with Crippen molar-refractivity contribution in [1.82, 2.24) is 15.1 Å². The predicted molar refractivity (Wildman–Crippen MR) is 120 cm³/mol. The second-order valence-corrected chi connectivity index (χ2v) is 7.83. The van der Waals surface area contributed by atoms with Crippen molar-refractivity contribution >= 4 is 40.3 Å². The van der Waals surface area contributed by atoms with Crippen LogP contribution < -0.4 is 16.0 Å². The number of nitrogen functional groups attached to an aromatic ring is 1. The summed E-state index contributed by atoms with van der Waals surface area (Å²) in [7, 11) is 0. The Hall–Kier alpha value is -4.29. The first kappa shape index (κ1) is 21.6. The molecule has 0 radical (unpaired) electrons. The van der Waals surface area contributed by atoms with E-state index in [0.29, 0.717) is 22.4 Å². The number of fused-ring (bicyclic) bond motifs is 1. The number of aromatic nitrogens is 3. The van der Waals surface area contributed by atoms with E-state index < -0.39 is 23.5 Å². The lowest BCUT2D eigenvalue weighted by Gasteiger charge is -2.39. The summed E-state index contributed by atoms with van der Waals surface area (Å²) in [5.74, 6) is -1.28. The van der Waals surface area contributed by atoms with Crippen molar-refractivity contribution in [2.24, 2.45) is 0 Å². The topological polar surface area (TPSA) is 170 Å². The number of carbonyl (C=O) groups excluding carboxylic acids is 2. The van der Waals surface area contributed by atoms with Gasteiger partial charge in [0.25, 0.3) is 11.8 Å². The smallest absolute Gasteiger partial charge is 0.304 e. The molecule has 3 aromatic heterocycles. The van der Waals surface area contributed by atoms with Crippen LogP contribution in [0.5, 0.6) is 0 Å². The summed E-state index contributed by atoms with van der Waals surface area (Å²) in [6.45, 7) is 1.55. The molecule has 12 nitrogen and oxygen atoms in total. The minimum absolute atomic E-state index is 0.0345. The van der Waals surface area contributed by atoms with E-state index in [0.717, 1.165) is 5.56 Å². The maximum Gasteiger partial charge on any atom is 0.304 e. The molecule has 0 unspecified atom stereocenters. The van der Waals surface area contributed by atoms with E-state index in [2.05, 4.69) is 20.4 Å². The third-order valence-electron chi connectivity index (χ3n) is 5.62. The van der Waals surface area contributed by atoms with Gasteiger partial charge in [0.1, 0.15) is 12.0 Å². The number of morpholine rings is 1. The van der Waals surface area contributed by atoms with Gasteiger partial charge in [0.2, 0.25) is 0 Å². The fourth-order valence-corrected chi connectivity index (χ4v) is 3.70. The summed E-state index contributed by atoms with van der Waals surface area (Å²) in [4.78, 5) is 35.7. The molecule has 5 rings (SSSR count). The number of amides is 2. The number of anilines is 3. The van der Waals surface area contributed by atoms with Crippen molar-refractivity contribution in [1.29, 1.82) is 0 Å². The summed E-state index contributed by atoms with van der Waals surface area (Å²) in [5, 5.41) is 17.6. The first-order valence-corrected chi connectivity index (χ1v) is 10.3. The summed E-state index contributed by atoms with van der Waals surface area (Å²) in [6, 6.07) is 8.25. The second kappa shape index (κ2) is 8.24. The zero-order chi connectivity index (χ0) is 23.9. The molecule has 1 saturated heterocycles. The van der Waals surface area contributed by atoms with Crippen LogP contribution in [0.25, 0.3) is 22.2 Å². The Morgan fingerprint density at radius 2 is 2.09 bits per heavy atom. The third kappa shape index (κ3) is 3.64. The van der Waals surface area contributed by atoms with Gasteiger partial charge in [-0.2, -0.15) is 4.98 Å². The van der Waals surface area contributed by atoms with Crippen LogP contribution in [0.15, 0.2) is 57.9 Å². The number of nitrogens with two attached hydrogens (primary N) is 1. The van der Waals surface area contributed by atoms with Crippen LogP contribution in [0.2, 0.25) is 0 Å². The zero-order valence-electron chi connectivity index (χ0n) is 18.0. The van der Waals surface area contributed by atoms with Crippen LogP contribution in [0, 0.1) is 0 Å². The molecule has 2 atom stereocenters. The van der Waals surface area contributed by atoms with Crippen LogP contribution in [0.1, 0.15) is 6.92 Å². The highest BCUT2D eigenvalue weighted by Gasteiger charge is 2.51.